The number of carbonyl (C=O) groups is 1. The molecule has 38 heavy (non-hydrogen) atoms. The minimum Gasteiger partial charge on any atom is -0.495 e. The van der Waals surface area contributed by atoms with Crippen molar-refractivity contribution in [1.82, 2.24) is 14.9 Å². The second-order valence-electron chi connectivity index (χ2n) is 9.20. The predicted octanol–water partition coefficient (Wildman–Crippen LogP) is 5.77. The highest BCUT2D eigenvalue weighted by Crippen LogP contribution is 2.45. The third-order valence-electron chi connectivity index (χ3n) is 6.74. The summed E-state index contributed by atoms with van der Waals surface area (Å²) in [5, 5.41) is 6.86. The molecule has 4 aromatic rings. The lowest BCUT2D eigenvalue weighted by Crippen LogP contribution is -2.29. The van der Waals surface area contributed by atoms with E-state index in [0.717, 1.165) is 34.0 Å². The second-order valence-corrected chi connectivity index (χ2v) is 9.59. The molecule has 194 valence electrons. The van der Waals surface area contributed by atoms with Gasteiger partial charge in [0.2, 0.25) is 5.91 Å². The number of ether oxygens (including phenoxy) is 1. The third-order valence-corrected chi connectivity index (χ3v) is 7.06. The number of hydrogen-bond donors (Lipinski definition) is 2. The summed E-state index contributed by atoms with van der Waals surface area (Å²) >= 11 is 5.88. The van der Waals surface area contributed by atoms with E-state index in [1.807, 2.05) is 43.3 Å². The van der Waals surface area contributed by atoms with Crippen LogP contribution in [0.3, 0.4) is 0 Å². The summed E-state index contributed by atoms with van der Waals surface area (Å²) in [7, 11) is 1.56. The smallest absolute Gasteiger partial charge is 0.221 e. The first-order valence-corrected chi connectivity index (χ1v) is 12.6. The largest absolute Gasteiger partial charge is 0.495 e. The van der Waals surface area contributed by atoms with Crippen molar-refractivity contribution in [3.63, 3.8) is 0 Å². The van der Waals surface area contributed by atoms with Crippen LogP contribution in [0.2, 0.25) is 0 Å². The zero-order chi connectivity index (χ0) is 27.0. The fourth-order valence-corrected chi connectivity index (χ4v) is 5.50. The fraction of sp³-hybridized carbons (Fsp3) is 0.207. The Hall–Kier alpha value is -4.24. The Morgan fingerprint density at radius 3 is 2.47 bits per heavy atom. The number of aryl methyl sites for hydroxylation is 1. The van der Waals surface area contributed by atoms with Crippen LogP contribution < -0.4 is 20.3 Å². The molecule has 0 radical (unpaired) electrons. The van der Waals surface area contributed by atoms with E-state index >= 15 is 0 Å². The van der Waals surface area contributed by atoms with Gasteiger partial charge in [0, 0.05) is 35.9 Å². The number of pyridine rings is 1. The highest BCUT2D eigenvalue weighted by atomic mass is 32.1. The molecule has 1 aliphatic rings. The van der Waals surface area contributed by atoms with Crippen LogP contribution >= 0.6 is 12.2 Å². The summed E-state index contributed by atoms with van der Waals surface area (Å²) in [4.78, 5) is 18.6. The molecule has 3 heterocycles. The lowest BCUT2D eigenvalue weighted by atomic mass is 9.96. The standard InChI is InChI=1S/C29H28FN5O2S/c1-17-15-23(18(2)34(17)21-10-8-20(30)9-11-21)28-27(24-7-5-6-14-31-24)33-29(38)35(28)22-12-13-26(37-4)25(16-22)32-19(3)36/h5-16,27-28H,1-4H3,(H,32,36)(H,33,38)/t27-,28+/m1/s1. The molecule has 0 bridgehead atoms. The summed E-state index contributed by atoms with van der Waals surface area (Å²) in [5.41, 5.74) is 6.14. The van der Waals surface area contributed by atoms with Crippen molar-refractivity contribution in [2.24, 2.45) is 0 Å². The van der Waals surface area contributed by atoms with Gasteiger partial charge in [0.25, 0.3) is 0 Å². The van der Waals surface area contributed by atoms with Crippen LogP contribution in [-0.2, 0) is 4.79 Å². The van der Waals surface area contributed by atoms with Gasteiger partial charge >= 0.3 is 0 Å². The number of nitrogens with one attached hydrogen (secondary N) is 2. The Balaban J connectivity index is 1.67. The van der Waals surface area contributed by atoms with Crippen molar-refractivity contribution in [3.8, 4) is 11.4 Å². The van der Waals surface area contributed by atoms with E-state index in [0.29, 0.717) is 16.5 Å². The number of benzene rings is 2. The summed E-state index contributed by atoms with van der Waals surface area (Å²) < 4.78 is 21.2. The van der Waals surface area contributed by atoms with Gasteiger partial charge in [0.15, 0.2) is 5.11 Å². The van der Waals surface area contributed by atoms with Crippen LogP contribution in [0.1, 0.15) is 41.7 Å². The van der Waals surface area contributed by atoms with Gasteiger partial charge in [0.1, 0.15) is 11.6 Å². The molecule has 1 fully saturated rings. The molecule has 0 spiro atoms. The molecule has 0 aliphatic carbocycles. The highest BCUT2D eigenvalue weighted by molar-refractivity contribution is 7.80. The molecular weight excluding hydrogens is 501 g/mol. The number of aromatic nitrogens is 2. The lowest BCUT2D eigenvalue weighted by molar-refractivity contribution is -0.114. The van der Waals surface area contributed by atoms with Gasteiger partial charge in [0.05, 0.1) is 30.6 Å². The number of rotatable bonds is 6. The molecular formula is C29H28FN5O2S. The van der Waals surface area contributed by atoms with Crippen LogP contribution in [-0.4, -0.2) is 27.7 Å². The van der Waals surface area contributed by atoms with Gasteiger partial charge in [-0.05, 0) is 92.3 Å². The maximum atomic E-state index is 13.7. The summed E-state index contributed by atoms with van der Waals surface area (Å²) in [5.74, 6) is 0.0697. The fourth-order valence-electron chi connectivity index (χ4n) is 5.16. The predicted molar refractivity (Wildman–Crippen MR) is 150 cm³/mol. The molecule has 5 rings (SSSR count). The van der Waals surface area contributed by atoms with Gasteiger partial charge in [-0.15, -0.1) is 0 Å². The zero-order valence-electron chi connectivity index (χ0n) is 21.5. The summed E-state index contributed by atoms with van der Waals surface area (Å²) in [6, 6.07) is 19.5. The first-order valence-electron chi connectivity index (χ1n) is 12.2. The Morgan fingerprint density at radius 1 is 1.08 bits per heavy atom. The van der Waals surface area contributed by atoms with Gasteiger partial charge < -0.3 is 24.8 Å². The number of methoxy groups -OCH3 is 1. The van der Waals surface area contributed by atoms with Crippen LogP contribution in [0, 0.1) is 19.7 Å². The second kappa shape index (κ2) is 10.3. The van der Waals surface area contributed by atoms with Crippen molar-refractivity contribution >= 4 is 34.6 Å². The Morgan fingerprint density at radius 2 is 1.82 bits per heavy atom. The average Bonchev–Trinajstić information content (AvgIpc) is 3.39. The van der Waals surface area contributed by atoms with Gasteiger partial charge in [-0.3, -0.25) is 9.78 Å². The maximum absolute atomic E-state index is 13.7. The normalized spacial score (nSPS) is 16.9. The van der Waals surface area contributed by atoms with E-state index in [1.54, 1.807) is 25.4 Å². The number of amides is 1. The molecule has 9 heteroatoms. The van der Waals surface area contributed by atoms with Crippen LogP contribution in [0.4, 0.5) is 15.8 Å². The number of anilines is 2. The molecule has 7 nitrogen and oxygen atoms in total. The summed E-state index contributed by atoms with van der Waals surface area (Å²) in [6.07, 6.45) is 1.77. The number of nitrogens with zero attached hydrogens (tertiary/aromatic N) is 3. The molecule has 1 aliphatic heterocycles. The molecule has 2 aromatic carbocycles. The van der Waals surface area contributed by atoms with Gasteiger partial charge in [-0.25, -0.2) is 4.39 Å². The quantitative estimate of drug-likeness (QED) is 0.309. The van der Waals surface area contributed by atoms with E-state index < -0.39 is 0 Å². The first-order chi connectivity index (χ1) is 18.3. The van der Waals surface area contributed by atoms with Crippen molar-refractivity contribution in [2.75, 3.05) is 17.3 Å². The number of carbonyl (C=O) groups excluding carboxylic acids is 1. The third kappa shape index (κ3) is 4.61. The van der Waals surface area contributed by atoms with Crippen molar-refractivity contribution in [1.29, 1.82) is 0 Å². The van der Waals surface area contributed by atoms with Crippen molar-refractivity contribution < 1.29 is 13.9 Å². The van der Waals surface area contributed by atoms with Crippen LogP contribution in [0.25, 0.3) is 5.69 Å². The maximum Gasteiger partial charge on any atom is 0.221 e. The van der Waals surface area contributed by atoms with E-state index in [1.165, 1.54) is 19.1 Å². The van der Waals surface area contributed by atoms with E-state index in [4.69, 9.17) is 17.0 Å². The van der Waals surface area contributed by atoms with E-state index in [9.17, 15) is 9.18 Å². The highest BCUT2D eigenvalue weighted by Gasteiger charge is 2.42. The van der Waals surface area contributed by atoms with Crippen molar-refractivity contribution in [3.05, 3.63) is 101 Å². The molecule has 0 unspecified atom stereocenters. The van der Waals surface area contributed by atoms with Gasteiger partial charge in [-0.2, -0.15) is 0 Å². The van der Waals surface area contributed by atoms with Crippen LogP contribution in [0.5, 0.6) is 5.75 Å². The topological polar surface area (TPSA) is 71.4 Å². The number of halogens is 1. The van der Waals surface area contributed by atoms with E-state index in [2.05, 4.69) is 38.1 Å². The van der Waals surface area contributed by atoms with E-state index in [-0.39, 0.29) is 23.8 Å². The monoisotopic (exact) mass is 529 g/mol. The average molecular weight is 530 g/mol. The Kier molecular flexibility index (Phi) is 6.86. The van der Waals surface area contributed by atoms with Gasteiger partial charge in [-0.1, -0.05) is 6.07 Å². The zero-order valence-corrected chi connectivity index (χ0v) is 22.3. The number of thiocarbonyl (C=S) groups is 1. The van der Waals surface area contributed by atoms with Crippen molar-refractivity contribution in [2.45, 2.75) is 32.9 Å². The SMILES string of the molecule is COc1ccc(N2C(=S)N[C@H](c3ccccn3)[C@@H]2c2cc(C)n(-c3ccc(F)cc3)c2C)cc1NC(C)=O. The molecule has 2 atom stereocenters. The Bertz CT molecular complexity index is 1500. The Labute approximate surface area is 226 Å². The molecule has 2 aromatic heterocycles. The summed E-state index contributed by atoms with van der Waals surface area (Å²) in [6.45, 7) is 5.54. The first kappa shape index (κ1) is 25.4. The molecule has 1 amide bonds. The molecule has 1 saturated heterocycles. The van der Waals surface area contributed by atoms with Crippen LogP contribution in [0.15, 0.2) is 72.9 Å². The minimum absolute atomic E-state index is 0.201. The molecule has 2 N–H and O–H groups in total. The minimum atomic E-state index is -0.280. The number of hydrogen-bond acceptors (Lipinski definition) is 4. The lowest BCUT2D eigenvalue weighted by Gasteiger charge is -2.29. The molecule has 0 saturated carbocycles.